The van der Waals surface area contributed by atoms with Crippen LogP contribution in [0.15, 0.2) is 65.1 Å². The normalized spacial score (nSPS) is 10.6. The quantitative estimate of drug-likeness (QED) is 0.256. The summed E-state index contributed by atoms with van der Waals surface area (Å²) in [7, 11) is 1.45. The molecular formula is C21H17FN2O5S. The second kappa shape index (κ2) is 10.2. The lowest BCUT2D eigenvalue weighted by Gasteiger charge is -2.09. The summed E-state index contributed by atoms with van der Waals surface area (Å²) < 4.78 is 29.1. The van der Waals surface area contributed by atoms with Gasteiger partial charge in [0.2, 0.25) is 0 Å². The highest BCUT2D eigenvalue weighted by molar-refractivity contribution is 7.12. The lowest BCUT2D eigenvalue weighted by atomic mass is 10.2. The summed E-state index contributed by atoms with van der Waals surface area (Å²) in [5, 5.41) is 5.60. The van der Waals surface area contributed by atoms with Gasteiger partial charge in [0.1, 0.15) is 4.88 Å². The molecule has 0 radical (unpaired) electrons. The lowest BCUT2D eigenvalue weighted by Crippen LogP contribution is -2.24. The smallest absolute Gasteiger partial charge is 0.353 e. The molecule has 7 nitrogen and oxygen atoms in total. The second-order valence-electron chi connectivity index (χ2n) is 5.79. The number of amides is 1. The number of para-hydroxylation sites is 1. The number of benzene rings is 2. The first-order chi connectivity index (χ1) is 14.6. The molecule has 0 fully saturated rings. The molecule has 0 atom stereocenters. The molecule has 0 bridgehead atoms. The number of hydrazone groups is 1. The Bertz CT molecular complexity index is 1050. The van der Waals surface area contributed by atoms with E-state index in [4.69, 9.17) is 14.2 Å². The number of thiophene rings is 1. The highest BCUT2D eigenvalue weighted by Crippen LogP contribution is 2.28. The van der Waals surface area contributed by atoms with E-state index in [1.807, 2.05) is 0 Å². The van der Waals surface area contributed by atoms with Crippen molar-refractivity contribution >= 4 is 29.4 Å². The Kier molecular flexibility index (Phi) is 7.12. The van der Waals surface area contributed by atoms with E-state index in [-0.39, 0.29) is 18.1 Å². The number of methoxy groups -OCH3 is 1. The van der Waals surface area contributed by atoms with Crippen molar-refractivity contribution in [2.45, 2.75) is 0 Å². The van der Waals surface area contributed by atoms with E-state index in [0.29, 0.717) is 16.2 Å². The Hall–Kier alpha value is -3.72. The summed E-state index contributed by atoms with van der Waals surface area (Å²) >= 11 is 1.28. The predicted molar refractivity (Wildman–Crippen MR) is 110 cm³/mol. The van der Waals surface area contributed by atoms with Gasteiger partial charge in [-0.3, -0.25) is 4.79 Å². The SMILES string of the molecule is COc1cc(C=NNC(=O)COc2ccccc2F)ccc1OC(=O)c1cccs1. The van der Waals surface area contributed by atoms with E-state index in [0.717, 1.165) is 0 Å². The van der Waals surface area contributed by atoms with Crippen LogP contribution in [0.2, 0.25) is 0 Å². The van der Waals surface area contributed by atoms with Crippen LogP contribution in [-0.2, 0) is 4.79 Å². The number of hydrogen-bond acceptors (Lipinski definition) is 7. The molecule has 1 amide bonds. The molecule has 0 saturated heterocycles. The van der Waals surface area contributed by atoms with Crippen LogP contribution >= 0.6 is 11.3 Å². The number of hydrogen-bond donors (Lipinski definition) is 1. The summed E-state index contributed by atoms with van der Waals surface area (Å²) in [6, 6.07) is 14.0. The third kappa shape index (κ3) is 5.65. The predicted octanol–water partition coefficient (Wildman–Crippen LogP) is 3.64. The molecule has 0 spiro atoms. The van der Waals surface area contributed by atoms with Crippen molar-refractivity contribution in [3.63, 3.8) is 0 Å². The molecule has 9 heteroatoms. The van der Waals surface area contributed by atoms with Crippen molar-refractivity contribution in [3.8, 4) is 17.2 Å². The number of esters is 1. The molecule has 0 aliphatic heterocycles. The standard InChI is InChI=1S/C21H17FN2O5S/c1-27-18-11-14(8-9-17(18)29-21(26)19-7-4-10-30-19)12-23-24-20(25)13-28-16-6-3-2-5-15(16)22/h2-12H,13H2,1H3,(H,24,25). The van der Waals surface area contributed by atoms with Crippen molar-refractivity contribution in [1.82, 2.24) is 5.43 Å². The molecule has 1 N–H and O–H groups in total. The van der Waals surface area contributed by atoms with Crippen LogP contribution in [0.1, 0.15) is 15.2 Å². The van der Waals surface area contributed by atoms with Gasteiger partial charge in [-0.15, -0.1) is 11.3 Å². The molecule has 3 aromatic rings. The average Bonchev–Trinajstić information content (AvgIpc) is 3.29. The zero-order valence-electron chi connectivity index (χ0n) is 15.8. The maximum Gasteiger partial charge on any atom is 0.353 e. The minimum atomic E-state index is -0.555. The third-order valence-electron chi connectivity index (χ3n) is 3.71. The van der Waals surface area contributed by atoms with Crippen molar-refractivity contribution in [1.29, 1.82) is 0 Å². The fraction of sp³-hybridized carbons (Fsp3) is 0.0952. The first kappa shape index (κ1) is 21.0. The van der Waals surface area contributed by atoms with Gasteiger partial charge in [-0.1, -0.05) is 18.2 Å². The highest BCUT2D eigenvalue weighted by atomic mass is 32.1. The van der Waals surface area contributed by atoms with Gasteiger partial charge in [-0.2, -0.15) is 5.10 Å². The molecule has 0 unspecified atom stereocenters. The van der Waals surface area contributed by atoms with E-state index in [1.165, 1.54) is 42.9 Å². The van der Waals surface area contributed by atoms with Gasteiger partial charge >= 0.3 is 5.97 Å². The van der Waals surface area contributed by atoms with E-state index in [1.54, 1.807) is 41.8 Å². The Morgan fingerprint density at radius 1 is 1.10 bits per heavy atom. The van der Waals surface area contributed by atoms with Crippen LogP contribution in [0.25, 0.3) is 0 Å². The fourth-order valence-electron chi connectivity index (χ4n) is 2.31. The van der Waals surface area contributed by atoms with Gasteiger partial charge < -0.3 is 14.2 Å². The van der Waals surface area contributed by atoms with Crippen LogP contribution in [-0.4, -0.2) is 31.8 Å². The number of rotatable bonds is 8. The molecule has 1 aromatic heterocycles. The van der Waals surface area contributed by atoms with Crippen LogP contribution < -0.4 is 19.6 Å². The molecule has 2 aromatic carbocycles. The molecule has 0 saturated carbocycles. The number of carbonyl (C=O) groups is 2. The topological polar surface area (TPSA) is 86.2 Å². The first-order valence-electron chi connectivity index (χ1n) is 8.70. The summed E-state index contributed by atoms with van der Waals surface area (Å²) in [5.74, 6) is -1.02. The van der Waals surface area contributed by atoms with Gasteiger partial charge in [0.05, 0.1) is 13.3 Å². The van der Waals surface area contributed by atoms with Crippen LogP contribution in [0.5, 0.6) is 17.2 Å². The Morgan fingerprint density at radius 2 is 1.93 bits per heavy atom. The Balaban J connectivity index is 1.55. The zero-order chi connectivity index (χ0) is 21.3. The largest absolute Gasteiger partial charge is 0.493 e. The van der Waals surface area contributed by atoms with Crippen LogP contribution in [0.4, 0.5) is 4.39 Å². The molecule has 30 heavy (non-hydrogen) atoms. The van der Waals surface area contributed by atoms with Gasteiger partial charge in [0.15, 0.2) is 29.7 Å². The third-order valence-corrected chi connectivity index (χ3v) is 4.56. The molecule has 154 valence electrons. The van der Waals surface area contributed by atoms with E-state index in [9.17, 15) is 14.0 Å². The van der Waals surface area contributed by atoms with Gasteiger partial charge in [0, 0.05) is 0 Å². The van der Waals surface area contributed by atoms with E-state index >= 15 is 0 Å². The minimum Gasteiger partial charge on any atom is -0.493 e. The fourth-order valence-corrected chi connectivity index (χ4v) is 2.91. The summed E-state index contributed by atoms with van der Waals surface area (Å²) in [4.78, 5) is 24.3. The molecule has 0 aliphatic carbocycles. The molecular weight excluding hydrogens is 411 g/mol. The van der Waals surface area contributed by atoms with Crippen molar-refractivity contribution in [3.05, 3.63) is 76.2 Å². The van der Waals surface area contributed by atoms with Gasteiger partial charge in [0.25, 0.3) is 5.91 Å². The maximum atomic E-state index is 13.4. The van der Waals surface area contributed by atoms with Crippen molar-refractivity contribution in [2.75, 3.05) is 13.7 Å². The summed E-state index contributed by atoms with van der Waals surface area (Å²) in [6.45, 7) is -0.390. The Labute approximate surface area is 175 Å². The number of carbonyl (C=O) groups excluding carboxylic acids is 2. The average molecular weight is 428 g/mol. The van der Waals surface area contributed by atoms with Crippen LogP contribution in [0, 0.1) is 5.82 Å². The summed E-state index contributed by atoms with van der Waals surface area (Å²) in [6.07, 6.45) is 1.38. The number of halogens is 1. The van der Waals surface area contributed by atoms with E-state index < -0.39 is 17.7 Å². The number of ether oxygens (including phenoxy) is 3. The van der Waals surface area contributed by atoms with Crippen molar-refractivity contribution in [2.24, 2.45) is 5.10 Å². The molecule has 0 aliphatic rings. The highest BCUT2D eigenvalue weighted by Gasteiger charge is 2.13. The van der Waals surface area contributed by atoms with Crippen LogP contribution in [0.3, 0.4) is 0 Å². The number of nitrogens with zero attached hydrogens (tertiary/aromatic N) is 1. The lowest BCUT2D eigenvalue weighted by molar-refractivity contribution is -0.123. The van der Waals surface area contributed by atoms with Gasteiger partial charge in [-0.05, 0) is 47.3 Å². The Morgan fingerprint density at radius 3 is 2.67 bits per heavy atom. The van der Waals surface area contributed by atoms with Gasteiger partial charge in [-0.25, -0.2) is 14.6 Å². The summed E-state index contributed by atoms with van der Waals surface area (Å²) in [5.41, 5.74) is 2.88. The first-order valence-corrected chi connectivity index (χ1v) is 9.57. The second-order valence-corrected chi connectivity index (χ2v) is 6.74. The minimum absolute atomic E-state index is 0.0194. The van der Waals surface area contributed by atoms with E-state index in [2.05, 4.69) is 10.5 Å². The zero-order valence-corrected chi connectivity index (χ0v) is 16.6. The molecule has 3 rings (SSSR count). The van der Waals surface area contributed by atoms with Crippen molar-refractivity contribution < 1.29 is 28.2 Å². The monoisotopic (exact) mass is 428 g/mol. The molecule has 1 heterocycles. The maximum absolute atomic E-state index is 13.4. The number of nitrogens with one attached hydrogen (secondary N) is 1.